The Balaban J connectivity index is 2.24. The Hall–Kier alpha value is -2.40. The average Bonchev–Trinajstić information content (AvgIpc) is 3.18. The number of carboxylic acid groups (broad SMARTS) is 1. The Morgan fingerprint density at radius 2 is 2.12 bits per heavy atom. The maximum absolute atomic E-state index is 11.3. The largest absolute Gasteiger partial charge is 0.480 e. The number of carbonyl (C=O) groups is 1. The predicted molar refractivity (Wildman–Crippen MR) is 108 cm³/mol. The highest BCUT2D eigenvalue weighted by Gasteiger charge is 2.22. The lowest BCUT2D eigenvalue weighted by atomic mass is 10.0. The molecule has 0 spiro atoms. The second kappa shape index (κ2) is 5.85. The van der Waals surface area contributed by atoms with Crippen molar-refractivity contribution < 1.29 is 9.90 Å². The minimum Gasteiger partial charge on any atom is -0.480 e. The van der Waals surface area contributed by atoms with Crippen LogP contribution in [-0.2, 0) is 11.3 Å². The van der Waals surface area contributed by atoms with Gasteiger partial charge in [0.25, 0.3) is 0 Å². The molecule has 0 aliphatic carbocycles. The average molecular weight is 465 g/mol. The van der Waals surface area contributed by atoms with E-state index in [0.29, 0.717) is 10.9 Å². The maximum Gasteiger partial charge on any atom is 0.323 e. The van der Waals surface area contributed by atoms with Crippen molar-refractivity contribution in [3.05, 3.63) is 33.3 Å². The van der Waals surface area contributed by atoms with Gasteiger partial charge in [-0.15, -0.1) is 11.3 Å². The number of rotatable bonds is 3. The van der Waals surface area contributed by atoms with Crippen LogP contribution in [0.5, 0.6) is 0 Å². The third-order valence-electron chi connectivity index (χ3n) is 3.92. The summed E-state index contributed by atoms with van der Waals surface area (Å²) in [5.74, 6) is -0.508. The fourth-order valence-corrected chi connectivity index (χ4v) is 4.92. The van der Waals surface area contributed by atoms with E-state index in [0.717, 1.165) is 24.9 Å². The van der Waals surface area contributed by atoms with Crippen molar-refractivity contribution in [1.82, 2.24) is 14.5 Å². The Kier molecular flexibility index (Phi) is 3.76. The number of hydrogen-bond acceptors (Lipinski definition) is 6. The van der Waals surface area contributed by atoms with Gasteiger partial charge in [0.1, 0.15) is 12.4 Å². The molecular weight excluding hydrogens is 453 g/mol. The first-order chi connectivity index (χ1) is 12.0. The molecule has 3 aromatic heterocycles. The van der Waals surface area contributed by atoms with Gasteiger partial charge in [0.05, 0.1) is 20.0 Å². The highest BCUT2D eigenvalue weighted by Crippen LogP contribution is 2.42. The molecule has 0 atom stereocenters. The lowest BCUT2D eigenvalue weighted by Crippen LogP contribution is -2.09. The molecule has 0 bridgehead atoms. The van der Waals surface area contributed by atoms with Crippen molar-refractivity contribution in [1.29, 1.82) is 0 Å². The van der Waals surface area contributed by atoms with Crippen molar-refractivity contribution in [2.75, 3.05) is 11.5 Å². The van der Waals surface area contributed by atoms with Crippen LogP contribution in [0.3, 0.4) is 0 Å². The number of nitrogen functional groups attached to an aromatic ring is 2. The number of nitrogens with zero attached hydrogens (tertiary/aromatic N) is 3. The van der Waals surface area contributed by atoms with E-state index >= 15 is 0 Å². The molecule has 0 unspecified atom stereocenters. The standard InChI is InChI=1S/C16H12IN5O2S/c17-12-11(8-2-1-5-25-8)14-7(3-4-22(14)6-9(23)24)10-13(12)20-16(19)21-15(10)18/h1-5H,6H2,(H,23,24)(H4,18,19,20,21). The lowest BCUT2D eigenvalue weighted by molar-refractivity contribution is -0.137. The normalized spacial score (nSPS) is 11.4. The number of anilines is 2. The molecule has 0 saturated carbocycles. The number of aromatic nitrogens is 3. The van der Waals surface area contributed by atoms with E-state index in [1.165, 1.54) is 0 Å². The number of nitrogens with two attached hydrogens (primary N) is 2. The molecule has 0 aliphatic heterocycles. The number of aliphatic carboxylic acids is 1. The van der Waals surface area contributed by atoms with E-state index in [1.54, 1.807) is 22.1 Å². The number of halogens is 1. The van der Waals surface area contributed by atoms with Crippen LogP contribution in [0.1, 0.15) is 0 Å². The molecule has 126 valence electrons. The molecule has 4 aromatic rings. The third-order valence-corrected chi connectivity index (χ3v) is 5.86. The Morgan fingerprint density at radius 3 is 2.80 bits per heavy atom. The summed E-state index contributed by atoms with van der Waals surface area (Å²) in [5, 5.41) is 12.7. The van der Waals surface area contributed by atoms with Gasteiger partial charge in [-0.25, -0.2) is 4.98 Å². The molecule has 1 aromatic carbocycles. The van der Waals surface area contributed by atoms with Gasteiger partial charge in [-0.3, -0.25) is 4.79 Å². The molecule has 0 radical (unpaired) electrons. The molecule has 4 rings (SSSR count). The molecule has 7 nitrogen and oxygen atoms in total. The number of fused-ring (bicyclic) bond motifs is 3. The van der Waals surface area contributed by atoms with Crippen LogP contribution in [0, 0.1) is 3.57 Å². The summed E-state index contributed by atoms with van der Waals surface area (Å²) < 4.78 is 2.58. The van der Waals surface area contributed by atoms with Gasteiger partial charge in [-0.2, -0.15) is 4.98 Å². The Morgan fingerprint density at radius 1 is 1.32 bits per heavy atom. The Labute approximate surface area is 159 Å². The molecule has 0 saturated heterocycles. The molecule has 25 heavy (non-hydrogen) atoms. The van der Waals surface area contributed by atoms with Gasteiger partial charge in [0, 0.05) is 22.0 Å². The molecule has 0 fully saturated rings. The monoisotopic (exact) mass is 465 g/mol. The minimum absolute atomic E-state index is 0.115. The van der Waals surface area contributed by atoms with E-state index in [1.807, 2.05) is 23.6 Å². The van der Waals surface area contributed by atoms with Crippen molar-refractivity contribution in [2.24, 2.45) is 0 Å². The number of carboxylic acids is 1. The topological polar surface area (TPSA) is 120 Å². The summed E-state index contributed by atoms with van der Waals surface area (Å²) >= 11 is 3.80. The summed E-state index contributed by atoms with van der Waals surface area (Å²) in [4.78, 5) is 20.8. The van der Waals surface area contributed by atoms with Gasteiger partial charge in [0.2, 0.25) is 5.95 Å². The van der Waals surface area contributed by atoms with Crippen LogP contribution in [0.15, 0.2) is 29.8 Å². The molecular formula is C16H12IN5O2S. The van der Waals surface area contributed by atoms with Gasteiger partial charge >= 0.3 is 5.97 Å². The second-order valence-electron chi connectivity index (χ2n) is 5.46. The van der Waals surface area contributed by atoms with E-state index in [2.05, 4.69) is 32.6 Å². The Bertz CT molecular complexity index is 1140. The quantitative estimate of drug-likeness (QED) is 0.400. The van der Waals surface area contributed by atoms with E-state index < -0.39 is 5.97 Å². The smallest absolute Gasteiger partial charge is 0.323 e. The van der Waals surface area contributed by atoms with Gasteiger partial charge in [-0.1, -0.05) is 6.07 Å². The van der Waals surface area contributed by atoms with Crippen LogP contribution in [0.4, 0.5) is 11.8 Å². The first-order valence-corrected chi connectivity index (χ1v) is 9.22. The lowest BCUT2D eigenvalue weighted by Gasteiger charge is -2.13. The summed E-state index contributed by atoms with van der Waals surface area (Å²) in [6.07, 6.45) is 1.75. The van der Waals surface area contributed by atoms with Crippen LogP contribution in [-0.4, -0.2) is 25.6 Å². The second-order valence-corrected chi connectivity index (χ2v) is 7.48. The van der Waals surface area contributed by atoms with Crippen LogP contribution < -0.4 is 11.5 Å². The zero-order valence-corrected chi connectivity index (χ0v) is 15.7. The van der Waals surface area contributed by atoms with E-state index in [4.69, 9.17) is 11.5 Å². The first-order valence-electron chi connectivity index (χ1n) is 7.26. The van der Waals surface area contributed by atoms with Crippen molar-refractivity contribution in [3.63, 3.8) is 0 Å². The number of hydrogen-bond donors (Lipinski definition) is 3. The highest BCUT2D eigenvalue weighted by atomic mass is 127. The SMILES string of the molecule is Nc1nc(N)c2c(n1)c(I)c(-c1cccs1)c1c2ccn1CC(=O)O. The zero-order chi connectivity index (χ0) is 17.7. The summed E-state index contributed by atoms with van der Waals surface area (Å²) in [6.45, 7) is -0.140. The molecule has 0 amide bonds. The fraction of sp³-hybridized carbons (Fsp3) is 0.0625. The number of thiophene rings is 1. The molecule has 9 heteroatoms. The minimum atomic E-state index is -0.911. The summed E-state index contributed by atoms with van der Waals surface area (Å²) in [5.41, 5.74) is 14.3. The predicted octanol–water partition coefficient (Wildman–Crippen LogP) is 3.17. The van der Waals surface area contributed by atoms with Crippen LogP contribution >= 0.6 is 33.9 Å². The van der Waals surface area contributed by atoms with Gasteiger partial charge < -0.3 is 21.1 Å². The maximum atomic E-state index is 11.3. The first kappa shape index (κ1) is 16.1. The molecule has 5 N–H and O–H groups in total. The van der Waals surface area contributed by atoms with Gasteiger partial charge in [-0.05, 0) is 40.1 Å². The molecule has 3 heterocycles. The van der Waals surface area contributed by atoms with E-state index in [-0.39, 0.29) is 18.3 Å². The zero-order valence-electron chi connectivity index (χ0n) is 12.7. The summed E-state index contributed by atoms with van der Waals surface area (Å²) in [6, 6.07) is 5.81. The number of benzene rings is 1. The highest BCUT2D eigenvalue weighted by molar-refractivity contribution is 14.1. The summed E-state index contributed by atoms with van der Waals surface area (Å²) in [7, 11) is 0. The third kappa shape index (κ3) is 2.50. The molecule has 0 aliphatic rings. The van der Waals surface area contributed by atoms with Crippen LogP contribution in [0.25, 0.3) is 32.2 Å². The van der Waals surface area contributed by atoms with E-state index in [9.17, 15) is 9.90 Å². The van der Waals surface area contributed by atoms with Gasteiger partial charge in [0.15, 0.2) is 0 Å². The van der Waals surface area contributed by atoms with Crippen molar-refractivity contribution in [3.8, 4) is 10.4 Å². The fourth-order valence-electron chi connectivity index (χ4n) is 3.02. The van der Waals surface area contributed by atoms with Crippen molar-refractivity contribution >= 4 is 73.5 Å². The van der Waals surface area contributed by atoms with Crippen molar-refractivity contribution in [2.45, 2.75) is 6.54 Å². The van der Waals surface area contributed by atoms with Crippen LogP contribution in [0.2, 0.25) is 0 Å².